The van der Waals surface area contributed by atoms with E-state index >= 15 is 0 Å². The van der Waals surface area contributed by atoms with Crippen molar-refractivity contribution < 1.29 is 19.4 Å². The van der Waals surface area contributed by atoms with Crippen molar-refractivity contribution in [1.29, 1.82) is 0 Å². The van der Waals surface area contributed by atoms with Crippen LogP contribution in [0.5, 0.6) is 0 Å². The van der Waals surface area contributed by atoms with E-state index in [1.807, 2.05) is 0 Å². The number of hydrogen-bond acceptors (Lipinski definition) is 4. The molecule has 0 radical (unpaired) electrons. The Balaban J connectivity index is 3.43. The van der Waals surface area contributed by atoms with Crippen LogP contribution in [0.1, 0.15) is 213 Å². The van der Waals surface area contributed by atoms with Gasteiger partial charge in [-0.1, -0.05) is 209 Å². The first-order valence-corrected chi connectivity index (χ1v) is 22.4. The molecule has 1 N–H and O–H groups in total. The van der Waals surface area contributed by atoms with Crippen molar-refractivity contribution in [1.82, 2.24) is 0 Å². The number of ether oxygens (including phenoxy) is 2. The number of carbonyl (C=O) groups excluding carboxylic acids is 1. The Bertz CT molecular complexity index is 854. The molecule has 4 nitrogen and oxygen atoms in total. The molecular formula is C48H86O4. The van der Waals surface area contributed by atoms with Gasteiger partial charge in [-0.3, -0.25) is 4.79 Å². The number of aliphatic hydroxyl groups excluding tert-OH is 1. The van der Waals surface area contributed by atoms with Crippen molar-refractivity contribution in [2.45, 2.75) is 219 Å². The van der Waals surface area contributed by atoms with Gasteiger partial charge in [-0.15, -0.1) is 0 Å². The molecule has 0 aliphatic heterocycles. The summed E-state index contributed by atoms with van der Waals surface area (Å²) in [5, 5.41) is 9.60. The van der Waals surface area contributed by atoms with Gasteiger partial charge in [0.25, 0.3) is 0 Å². The van der Waals surface area contributed by atoms with Gasteiger partial charge in [0.05, 0.1) is 13.2 Å². The van der Waals surface area contributed by atoms with Crippen LogP contribution in [0, 0.1) is 0 Å². The second kappa shape index (κ2) is 45.2. The molecule has 0 rings (SSSR count). The smallest absolute Gasteiger partial charge is 0.306 e. The van der Waals surface area contributed by atoms with E-state index in [1.165, 1.54) is 141 Å². The summed E-state index contributed by atoms with van der Waals surface area (Å²) in [4.78, 5) is 12.2. The van der Waals surface area contributed by atoms with Gasteiger partial charge in [-0.05, 0) is 57.8 Å². The summed E-state index contributed by atoms with van der Waals surface area (Å²) in [6.45, 7) is 5.24. The van der Waals surface area contributed by atoms with Crippen molar-refractivity contribution in [2.24, 2.45) is 0 Å². The number of unbranched alkanes of at least 4 members (excludes halogenated alkanes) is 23. The van der Waals surface area contributed by atoms with Crippen LogP contribution in [0.2, 0.25) is 0 Å². The standard InChI is InChI=1S/C48H86O4/c1-3-5-7-9-11-13-15-17-19-20-21-22-23-24-25-26-27-28-29-30-32-34-36-38-40-42-44-51-46-47(45-49)52-48(50)43-41-39-37-35-33-31-18-16-14-12-10-8-6-4-2/h5,7,11,13,17,19,21-22,24-25,47,49H,3-4,6,8-10,12,14-16,18,20,23,26-46H2,1-2H3/b7-5-,13-11-,19-17-,22-21-,25-24-. The Morgan fingerprint density at radius 3 is 1.31 bits per heavy atom. The lowest BCUT2D eigenvalue weighted by molar-refractivity contribution is -0.154. The summed E-state index contributed by atoms with van der Waals surface area (Å²) in [5.41, 5.74) is 0. The highest BCUT2D eigenvalue weighted by atomic mass is 16.6. The van der Waals surface area contributed by atoms with Crippen LogP contribution in [0.4, 0.5) is 0 Å². The Morgan fingerprint density at radius 2 is 0.865 bits per heavy atom. The zero-order valence-electron chi connectivity index (χ0n) is 34.6. The van der Waals surface area contributed by atoms with E-state index in [9.17, 15) is 9.90 Å². The summed E-state index contributed by atoms with van der Waals surface area (Å²) in [6.07, 6.45) is 60.0. The average molecular weight is 727 g/mol. The van der Waals surface area contributed by atoms with Gasteiger partial charge in [-0.2, -0.15) is 0 Å². The minimum absolute atomic E-state index is 0.173. The van der Waals surface area contributed by atoms with Gasteiger partial charge in [0.1, 0.15) is 6.10 Å². The molecule has 0 heterocycles. The summed E-state index contributed by atoms with van der Waals surface area (Å²) < 4.78 is 11.2. The Morgan fingerprint density at radius 1 is 0.481 bits per heavy atom. The fourth-order valence-corrected chi connectivity index (χ4v) is 6.30. The number of carbonyl (C=O) groups is 1. The number of aliphatic hydroxyl groups is 1. The molecule has 52 heavy (non-hydrogen) atoms. The summed E-state index contributed by atoms with van der Waals surface area (Å²) in [5.74, 6) is -0.202. The van der Waals surface area contributed by atoms with Gasteiger partial charge in [0, 0.05) is 13.0 Å². The van der Waals surface area contributed by atoms with Crippen LogP contribution in [0.25, 0.3) is 0 Å². The Labute approximate surface area is 324 Å². The molecule has 0 aromatic carbocycles. The van der Waals surface area contributed by atoms with Gasteiger partial charge < -0.3 is 14.6 Å². The zero-order chi connectivity index (χ0) is 37.7. The van der Waals surface area contributed by atoms with Crippen molar-refractivity contribution in [3.63, 3.8) is 0 Å². The van der Waals surface area contributed by atoms with Crippen LogP contribution in [-0.4, -0.2) is 37.0 Å². The van der Waals surface area contributed by atoms with Gasteiger partial charge in [0.15, 0.2) is 0 Å². The second-order valence-electron chi connectivity index (χ2n) is 14.7. The molecule has 0 aromatic rings. The lowest BCUT2D eigenvalue weighted by Crippen LogP contribution is -2.27. The zero-order valence-corrected chi connectivity index (χ0v) is 34.6. The largest absolute Gasteiger partial charge is 0.457 e. The number of hydrogen-bond donors (Lipinski definition) is 1. The summed E-state index contributed by atoms with van der Waals surface area (Å²) in [7, 11) is 0. The normalized spacial score (nSPS) is 12.9. The van der Waals surface area contributed by atoms with Crippen LogP contribution in [-0.2, 0) is 14.3 Å². The Hall–Kier alpha value is -1.91. The fourth-order valence-electron chi connectivity index (χ4n) is 6.30. The first-order chi connectivity index (χ1) is 25.7. The maximum atomic E-state index is 12.2. The molecule has 0 saturated carbocycles. The topological polar surface area (TPSA) is 55.8 Å². The van der Waals surface area contributed by atoms with E-state index < -0.39 is 6.10 Å². The molecule has 0 aromatic heterocycles. The average Bonchev–Trinajstić information content (AvgIpc) is 3.15. The molecule has 0 saturated heterocycles. The third-order valence-electron chi connectivity index (χ3n) is 9.61. The maximum absolute atomic E-state index is 12.2. The highest BCUT2D eigenvalue weighted by molar-refractivity contribution is 5.69. The summed E-state index contributed by atoms with van der Waals surface area (Å²) in [6, 6.07) is 0. The fraction of sp³-hybridized carbons (Fsp3) is 0.771. The van der Waals surface area contributed by atoms with Crippen molar-refractivity contribution >= 4 is 5.97 Å². The first-order valence-electron chi connectivity index (χ1n) is 22.4. The molecule has 0 bridgehead atoms. The summed E-state index contributed by atoms with van der Waals surface area (Å²) >= 11 is 0. The predicted molar refractivity (Wildman–Crippen MR) is 228 cm³/mol. The highest BCUT2D eigenvalue weighted by Crippen LogP contribution is 2.15. The minimum Gasteiger partial charge on any atom is -0.457 e. The first kappa shape index (κ1) is 50.1. The van der Waals surface area contributed by atoms with E-state index in [0.717, 1.165) is 51.4 Å². The predicted octanol–water partition coefficient (Wildman–Crippen LogP) is 14.8. The lowest BCUT2D eigenvalue weighted by atomic mass is 10.0. The third-order valence-corrected chi connectivity index (χ3v) is 9.61. The van der Waals surface area contributed by atoms with Gasteiger partial charge in [-0.25, -0.2) is 0 Å². The third kappa shape index (κ3) is 42.5. The lowest BCUT2D eigenvalue weighted by Gasteiger charge is -2.16. The molecule has 0 fully saturated rings. The van der Waals surface area contributed by atoms with Crippen molar-refractivity contribution in [2.75, 3.05) is 19.8 Å². The highest BCUT2D eigenvalue weighted by Gasteiger charge is 2.13. The molecule has 1 unspecified atom stereocenters. The monoisotopic (exact) mass is 727 g/mol. The van der Waals surface area contributed by atoms with Crippen molar-refractivity contribution in [3.8, 4) is 0 Å². The van der Waals surface area contributed by atoms with Crippen molar-refractivity contribution in [3.05, 3.63) is 60.8 Å². The van der Waals surface area contributed by atoms with Crippen LogP contribution < -0.4 is 0 Å². The van der Waals surface area contributed by atoms with E-state index in [0.29, 0.717) is 19.6 Å². The minimum atomic E-state index is -0.536. The van der Waals surface area contributed by atoms with Gasteiger partial charge >= 0.3 is 5.97 Å². The molecule has 0 amide bonds. The molecule has 1 atom stereocenters. The van der Waals surface area contributed by atoms with Crippen LogP contribution >= 0.6 is 0 Å². The number of rotatable bonds is 41. The molecule has 302 valence electrons. The van der Waals surface area contributed by atoms with E-state index in [1.54, 1.807) is 0 Å². The molecule has 0 aliphatic rings. The SMILES string of the molecule is CC/C=C\C/C=C\C/C=C\C/C=C\C/C=C\CCCCCCCCCCCCOCC(CO)OC(=O)CCCCCCCCCCCCCCCC. The van der Waals surface area contributed by atoms with E-state index in [2.05, 4.69) is 74.6 Å². The Kier molecular flexibility index (Phi) is 43.6. The van der Waals surface area contributed by atoms with E-state index in [-0.39, 0.29) is 12.6 Å². The van der Waals surface area contributed by atoms with Crippen LogP contribution in [0.15, 0.2) is 60.8 Å². The van der Waals surface area contributed by atoms with Gasteiger partial charge in [0.2, 0.25) is 0 Å². The molecule has 0 spiro atoms. The molecule has 4 heteroatoms. The number of allylic oxidation sites excluding steroid dienone is 10. The second-order valence-corrected chi connectivity index (χ2v) is 14.7. The maximum Gasteiger partial charge on any atom is 0.306 e. The molecule has 0 aliphatic carbocycles. The molecular weight excluding hydrogens is 641 g/mol. The quantitative estimate of drug-likeness (QED) is 0.0387. The number of esters is 1. The van der Waals surface area contributed by atoms with E-state index in [4.69, 9.17) is 9.47 Å². The van der Waals surface area contributed by atoms with Crippen LogP contribution in [0.3, 0.4) is 0 Å².